The topological polar surface area (TPSA) is 71.7 Å². The van der Waals surface area contributed by atoms with Gasteiger partial charge in [0.1, 0.15) is 5.75 Å². The van der Waals surface area contributed by atoms with E-state index in [2.05, 4.69) is 28.1 Å². The van der Waals surface area contributed by atoms with Crippen LogP contribution in [0.3, 0.4) is 0 Å². The molecule has 2 aliphatic rings. The Morgan fingerprint density at radius 2 is 1.83 bits per heavy atom. The van der Waals surface area contributed by atoms with Crippen molar-refractivity contribution in [3.05, 3.63) is 54.1 Å². The molecular formula is C22H24N4O2S. The van der Waals surface area contributed by atoms with Gasteiger partial charge in [-0.15, -0.1) is 0 Å². The maximum Gasteiger partial charge on any atom is 0.279 e. The Hall–Kier alpha value is -2.48. The Labute approximate surface area is 173 Å². The molecule has 0 saturated carbocycles. The maximum absolute atomic E-state index is 12.1. The van der Waals surface area contributed by atoms with Crippen LogP contribution in [0.5, 0.6) is 10.9 Å². The smallest absolute Gasteiger partial charge is 0.279 e. The molecule has 7 heteroatoms. The van der Waals surface area contributed by atoms with Crippen LogP contribution >= 0.6 is 11.3 Å². The number of fused-ring (bicyclic) bond motifs is 3. The van der Waals surface area contributed by atoms with Crippen molar-refractivity contribution in [1.82, 2.24) is 14.8 Å². The second-order valence-corrected chi connectivity index (χ2v) is 8.77. The van der Waals surface area contributed by atoms with Gasteiger partial charge in [-0.1, -0.05) is 35.6 Å². The van der Waals surface area contributed by atoms with Gasteiger partial charge in [-0.05, 0) is 42.7 Å². The molecule has 1 amide bonds. The average molecular weight is 409 g/mol. The fourth-order valence-corrected chi connectivity index (χ4v) is 5.38. The van der Waals surface area contributed by atoms with Crippen molar-refractivity contribution < 1.29 is 9.53 Å². The molecule has 3 heterocycles. The van der Waals surface area contributed by atoms with Crippen molar-refractivity contribution in [2.75, 3.05) is 19.6 Å². The summed E-state index contributed by atoms with van der Waals surface area (Å²) >= 11 is 1.55. The molecule has 2 N–H and O–H groups in total. The number of thiazole rings is 1. The number of rotatable bonds is 5. The molecule has 2 saturated heterocycles. The highest BCUT2D eigenvalue weighted by Gasteiger charge is 2.41. The normalized spacial score (nSPS) is 21.6. The Balaban J connectivity index is 1.22. The molecule has 2 unspecified atom stereocenters. The van der Waals surface area contributed by atoms with E-state index in [1.54, 1.807) is 11.3 Å². The van der Waals surface area contributed by atoms with Crippen molar-refractivity contribution >= 4 is 27.5 Å². The van der Waals surface area contributed by atoms with Gasteiger partial charge in [0.2, 0.25) is 5.91 Å². The highest BCUT2D eigenvalue weighted by molar-refractivity contribution is 7.20. The lowest BCUT2D eigenvalue weighted by molar-refractivity contribution is -0.135. The van der Waals surface area contributed by atoms with Gasteiger partial charge in [0, 0.05) is 31.7 Å². The van der Waals surface area contributed by atoms with Gasteiger partial charge >= 0.3 is 0 Å². The summed E-state index contributed by atoms with van der Waals surface area (Å²) in [7, 11) is 0. The third-order valence-corrected chi connectivity index (χ3v) is 6.74. The van der Waals surface area contributed by atoms with Crippen molar-refractivity contribution in [3.8, 4) is 10.9 Å². The lowest BCUT2D eigenvalue weighted by Crippen LogP contribution is -2.56. The molecule has 150 valence electrons. The molecule has 1 aromatic heterocycles. The van der Waals surface area contributed by atoms with Crippen LogP contribution in [0.4, 0.5) is 0 Å². The summed E-state index contributed by atoms with van der Waals surface area (Å²) in [4.78, 5) is 21.1. The largest absolute Gasteiger partial charge is 0.431 e. The summed E-state index contributed by atoms with van der Waals surface area (Å²) in [5.74, 6) is 0.889. The Morgan fingerprint density at radius 3 is 2.52 bits per heavy atom. The van der Waals surface area contributed by atoms with E-state index in [9.17, 15) is 4.79 Å². The quantitative estimate of drug-likeness (QED) is 0.702. The number of nitrogens with zero attached hydrogens (tertiary/aromatic N) is 3. The van der Waals surface area contributed by atoms with E-state index in [0.29, 0.717) is 17.3 Å². The fraction of sp³-hybridized carbons (Fsp3) is 0.364. The van der Waals surface area contributed by atoms with Gasteiger partial charge in [-0.3, -0.25) is 9.69 Å². The maximum atomic E-state index is 12.1. The number of hydrogen-bond acceptors (Lipinski definition) is 6. The lowest BCUT2D eigenvalue weighted by atomic mass is 10.1. The predicted octanol–water partition coefficient (Wildman–Crippen LogP) is 3.22. The summed E-state index contributed by atoms with van der Waals surface area (Å²) < 4.78 is 7.07. The van der Waals surface area contributed by atoms with E-state index in [1.165, 1.54) is 5.56 Å². The molecule has 0 aliphatic carbocycles. The molecular weight excluding hydrogens is 384 g/mol. The summed E-state index contributed by atoms with van der Waals surface area (Å²) in [5.41, 5.74) is 7.80. The van der Waals surface area contributed by atoms with Gasteiger partial charge in [0.25, 0.3) is 5.19 Å². The van der Waals surface area contributed by atoms with E-state index >= 15 is 0 Å². The van der Waals surface area contributed by atoms with Gasteiger partial charge in [-0.25, -0.2) is 4.98 Å². The van der Waals surface area contributed by atoms with Crippen LogP contribution in [0.25, 0.3) is 10.2 Å². The van der Waals surface area contributed by atoms with E-state index in [4.69, 9.17) is 10.5 Å². The number of carbonyl (C=O) groups is 1. The van der Waals surface area contributed by atoms with Crippen molar-refractivity contribution in [2.45, 2.75) is 31.5 Å². The number of nitrogens with two attached hydrogens (primary N) is 1. The summed E-state index contributed by atoms with van der Waals surface area (Å²) in [5, 5.41) is 0.663. The van der Waals surface area contributed by atoms with E-state index in [-0.39, 0.29) is 12.5 Å². The minimum Gasteiger partial charge on any atom is -0.431 e. The average Bonchev–Trinajstić information content (AvgIpc) is 3.26. The molecule has 2 aromatic carbocycles. The van der Waals surface area contributed by atoms with Crippen molar-refractivity contribution in [2.24, 2.45) is 5.73 Å². The number of piperazine rings is 1. The van der Waals surface area contributed by atoms with Crippen LogP contribution < -0.4 is 10.5 Å². The molecule has 6 nitrogen and oxygen atoms in total. The minimum atomic E-state index is 0.0912. The number of hydrogen-bond donors (Lipinski definition) is 1. The third kappa shape index (κ3) is 3.73. The summed E-state index contributed by atoms with van der Waals surface area (Å²) in [6, 6.07) is 16.9. The Bertz CT molecular complexity index is 972. The molecule has 2 aliphatic heterocycles. The number of carbonyl (C=O) groups excluding carboxylic acids is 1. The van der Waals surface area contributed by atoms with Gasteiger partial charge in [-0.2, -0.15) is 0 Å². The first-order valence-electron chi connectivity index (χ1n) is 10.1. The van der Waals surface area contributed by atoms with Crippen LogP contribution in [0.2, 0.25) is 0 Å². The summed E-state index contributed by atoms with van der Waals surface area (Å²) in [6.45, 7) is 2.85. The molecule has 2 atom stereocenters. The SMILES string of the molecule is NCC(=O)N1C2CCC1CN(Cc1ccc(Oc3nc4ccccc4s3)cc1)C2. The number of aromatic nitrogens is 1. The second kappa shape index (κ2) is 7.74. The predicted molar refractivity (Wildman–Crippen MR) is 114 cm³/mol. The summed E-state index contributed by atoms with van der Waals surface area (Å²) in [6.07, 6.45) is 2.17. The molecule has 2 bridgehead atoms. The fourth-order valence-electron chi connectivity index (χ4n) is 4.55. The molecule has 5 rings (SSSR count). The van der Waals surface area contributed by atoms with E-state index in [0.717, 1.165) is 48.4 Å². The first-order valence-corrected chi connectivity index (χ1v) is 10.9. The van der Waals surface area contributed by atoms with Gasteiger partial charge in [0.05, 0.1) is 16.8 Å². The van der Waals surface area contributed by atoms with Crippen LogP contribution in [0.1, 0.15) is 18.4 Å². The lowest BCUT2D eigenvalue weighted by Gasteiger charge is -2.41. The van der Waals surface area contributed by atoms with Crippen molar-refractivity contribution in [1.29, 1.82) is 0 Å². The van der Waals surface area contributed by atoms with E-state index in [1.807, 2.05) is 35.2 Å². The van der Waals surface area contributed by atoms with Crippen LogP contribution in [-0.4, -0.2) is 52.4 Å². The zero-order chi connectivity index (χ0) is 19.8. The first-order chi connectivity index (χ1) is 14.2. The van der Waals surface area contributed by atoms with E-state index < -0.39 is 0 Å². The second-order valence-electron chi connectivity index (χ2n) is 7.78. The molecule has 29 heavy (non-hydrogen) atoms. The Kier molecular flexibility index (Phi) is 4.95. The minimum absolute atomic E-state index is 0.0912. The zero-order valence-corrected chi connectivity index (χ0v) is 17.0. The monoisotopic (exact) mass is 408 g/mol. The molecule has 2 fully saturated rings. The highest BCUT2D eigenvalue weighted by Crippen LogP contribution is 2.32. The van der Waals surface area contributed by atoms with Crippen molar-refractivity contribution in [3.63, 3.8) is 0 Å². The number of benzene rings is 2. The number of amides is 1. The van der Waals surface area contributed by atoms with Crippen LogP contribution in [-0.2, 0) is 11.3 Å². The first kappa shape index (κ1) is 18.5. The number of likely N-dealkylation sites (tertiary alicyclic amines) is 1. The number of para-hydroxylation sites is 1. The molecule has 3 aromatic rings. The standard InChI is InChI=1S/C22H24N4O2S/c23-11-21(27)26-16-7-8-17(26)14-25(13-16)12-15-5-9-18(10-6-15)28-22-24-19-3-1-2-4-20(19)29-22/h1-6,9-10,16-17H,7-8,11-14,23H2. The van der Waals surface area contributed by atoms with Gasteiger partial charge in [0.15, 0.2) is 0 Å². The third-order valence-electron chi connectivity index (χ3n) is 5.83. The zero-order valence-electron chi connectivity index (χ0n) is 16.2. The van der Waals surface area contributed by atoms with Gasteiger partial charge < -0.3 is 15.4 Å². The number of ether oxygens (including phenoxy) is 1. The highest BCUT2D eigenvalue weighted by atomic mass is 32.1. The van der Waals surface area contributed by atoms with Crippen LogP contribution in [0.15, 0.2) is 48.5 Å². The Morgan fingerprint density at radius 1 is 1.10 bits per heavy atom. The molecule has 0 spiro atoms. The molecule has 0 radical (unpaired) electrons. The van der Waals surface area contributed by atoms with Crippen LogP contribution in [0, 0.1) is 0 Å².